The molecule has 7 heteroatoms. The van der Waals surface area contributed by atoms with E-state index in [0.29, 0.717) is 17.1 Å². The van der Waals surface area contributed by atoms with Gasteiger partial charge in [0.05, 0.1) is 17.4 Å². The molecule has 0 bridgehead atoms. The molecular formula is C22H26N4O3. The van der Waals surface area contributed by atoms with Gasteiger partial charge in [0, 0.05) is 13.1 Å². The number of rotatable bonds is 3. The summed E-state index contributed by atoms with van der Waals surface area (Å²) in [5, 5.41) is 0.878. The zero-order valence-corrected chi connectivity index (χ0v) is 17.0. The lowest BCUT2D eigenvalue weighted by molar-refractivity contribution is -0.132. The fraction of sp³-hybridized carbons (Fsp3) is 0.545. The fourth-order valence-electron chi connectivity index (χ4n) is 4.80. The number of nitrogens with zero attached hydrogens (tertiary/aromatic N) is 4. The van der Waals surface area contributed by atoms with Gasteiger partial charge in [-0.25, -0.2) is 9.97 Å². The van der Waals surface area contributed by atoms with Gasteiger partial charge in [0.15, 0.2) is 0 Å². The number of amides is 1. The van der Waals surface area contributed by atoms with E-state index >= 15 is 0 Å². The Kier molecular flexibility index (Phi) is 4.41. The molecule has 0 spiro atoms. The van der Waals surface area contributed by atoms with Crippen LogP contribution >= 0.6 is 0 Å². The largest absolute Gasteiger partial charge is 0.430 e. The smallest absolute Gasteiger partial charge is 0.297 e. The van der Waals surface area contributed by atoms with Crippen LogP contribution in [0.25, 0.3) is 22.2 Å². The molecule has 0 N–H and O–H groups in total. The Morgan fingerprint density at radius 2 is 1.90 bits per heavy atom. The van der Waals surface area contributed by atoms with Crippen molar-refractivity contribution in [2.45, 2.75) is 64.8 Å². The predicted octanol–water partition coefficient (Wildman–Crippen LogP) is 3.16. The van der Waals surface area contributed by atoms with Gasteiger partial charge in [-0.3, -0.25) is 14.2 Å². The number of piperidine rings is 1. The third-order valence-electron chi connectivity index (χ3n) is 6.26. The van der Waals surface area contributed by atoms with Crippen LogP contribution in [0.5, 0.6) is 0 Å². The maximum atomic E-state index is 13.1. The van der Waals surface area contributed by atoms with Gasteiger partial charge in [0.25, 0.3) is 5.56 Å². The number of pyridine rings is 1. The number of furan rings is 1. The number of hydrogen-bond acceptors (Lipinski definition) is 5. The average Bonchev–Trinajstić information content (AvgIpc) is 3.34. The topological polar surface area (TPSA) is 81.2 Å². The Morgan fingerprint density at radius 3 is 2.66 bits per heavy atom. The Morgan fingerprint density at radius 1 is 1.14 bits per heavy atom. The van der Waals surface area contributed by atoms with Crippen LogP contribution in [0, 0.1) is 0 Å². The normalized spacial score (nSPS) is 16.9. The van der Waals surface area contributed by atoms with Gasteiger partial charge in [0.2, 0.25) is 17.2 Å². The molecule has 0 unspecified atom stereocenters. The van der Waals surface area contributed by atoms with Crippen LogP contribution in [0.15, 0.2) is 15.5 Å². The SMILES string of the molecule is CC(C)c1nc2oc3c(=O)n(CC(=O)N4CCCCC4)cnc3c2c2c1CCC2. The van der Waals surface area contributed by atoms with Gasteiger partial charge in [-0.2, -0.15) is 0 Å². The minimum Gasteiger partial charge on any atom is -0.430 e. The van der Waals surface area contributed by atoms with Crippen LogP contribution in [0.3, 0.4) is 0 Å². The second kappa shape index (κ2) is 6.97. The molecule has 152 valence electrons. The van der Waals surface area contributed by atoms with Gasteiger partial charge < -0.3 is 9.32 Å². The lowest BCUT2D eigenvalue weighted by Gasteiger charge is -2.26. The molecule has 5 rings (SSSR count). The summed E-state index contributed by atoms with van der Waals surface area (Å²) in [7, 11) is 0. The van der Waals surface area contributed by atoms with E-state index in [0.717, 1.165) is 62.7 Å². The highest BCUT2D eigenvalue weighted by molar-refractivity contribution is 6.03. The predicted molar refractivity (Wildman–Crippen MR) is 110 cm³/mol. The van der Waals surface area contributed by atoms with Crippen LogP contribution in [0.1, 0.15) is 62.3 Å². The number of hydrogen-bond donors (Lipinski definition) is 0. The maximum Gasteiger partial charge on any atom is 0.297 e. The van der Waals surface area contributed by atoms with Gasteiger partial charge in [-0.15, -0.1) is 0 Å². The summed E-state index contributed by atoms with van der Waals surface area (Å²) in [4.78, 5) is 36.8. The van der Waals surface area contributed by atoms with Crippen molar-refractivity contribution in [2.75, 3.05) is 13.1 Å². The Balaban J connectivity index is 1.60. The summed E-state index contributed by atoms with van der Waals surface area (Å²) in [6, 6.07) is 0. The first kappa shape index (κ1) is 18.3. The molecule has 1 fully saturated rings. The Bertz CT molecular complexity index is 1170. The van der Waals surface area contributed by atoms with Crippen molar-refractivity contribution < 1.29 is 9.21 Å². The zero-order chi connectivity index (χ0) is 20.1. The van der Waals surface area contributed by atoms with Gasteiger partial charge in [-0.1, -0.05) is 13.8 Å². The van der Waals surface area contributed by atoms with E-state index in [4.69, 9.17) is 9.40 Å². The van der Waals surface area contributed by atoms with E-state index in [9.17, 15) is 9.59 Å². The molecule has 7 nitrogen and oxygen atoms in total. The molecule has 4 heterocycles. The third kappa shape index (κ3) is 2.94. The highest BCUT2D eigenvalue weighted by Gasteiger charge is 2.27. The third-order valence-corrected chi connectivity index (χ3v) is 6.26. The standard InChI is InChI=1S/C22H26N4O3/c1-13(2)18-15-8-6-7-14(15)17-19-20(29-21(17)24-18)22(28)26(12-23-19)11-16(27)25-9-4-3-5-10-25/h12-13H,3-11H2,1-2H3. The number of carbonyl (C=O) groups is 1. The van der Waals surface area contributed by atoms with Gasteiger partial charge >= 0.3 is 0 Å². The molecule has 1 amide bonds. The molecule has 0 atom stereocenters. The molecule has 1 aliphatic carbocycles. The van der Waals surface area contributed by atoms with E-state index in [-0.39, 0.29) is 23.6 Å². The highest BCUT2D eigenvalue weighted by Crippen LogP contribution is 2.37. The van der Waals surface area contributed by atoms with E-state index in [2.05, 4.69) is 18.8 Å². The fourth-order valence-corrected chi connectivity index (χ4v) is 4.80. The minimum atomic E-state index is -0.309. The average molecular weight is 394 g/mol. The number of aryl methyl sites for hydroxylation is 1. The summed E-state index contributed by atoms with van der Waals surface area (Å²) in [5.41, 5.74) is 4.55. The van der Waals surface area contributed by atoms with E-state index in [1.807, 2.05) is 4.90 Å². The van der Waals surface area contributed by atoms with Crippen LogP contribution in [-0.4, -0.2) is 38.4 Å². The Labute approximate surface area is 168 Å². The molecular weight excluding hydrogens is 368 g/mol. The molecule has 29 heavy (non-hydrogen) atoms. The summed E-state index contributed by atoms with van der Waals surface area (Å²) in [6.45, 7) is 5.80. The summed E-state index contributed by atoms with van der Waals surface area (Å²) in [5.74, 6) is 0.261. The van der Waals surface area contributed by atoms with Crippen LogP contribution in [0.2, 0.25) is 0 Å². The molecule has 0 saturated carbocycles. The molecule has 3 aromatic rings. The summed E-state index contributed by atoms with van der Waals surface area (Å²) < 4.78 is 7.30. The van der Waals surface area contributed by atoms with E-state index in [1.165, 1.54) is 22.0 Å². The molecule has 1 aliphatic heterocycles. The number of likely N-dealkylation sites (tertiary alicyclic amines) is 1. The first-order valence-corrected chi connectivity index (χ1v) is 10.7. The zero-order valence-electron chi connectivity index (χ0n) is 17.0. The quantitative estimate of drug-likeness (QED) is 0.682. The second-order valence-corrected chi connectivity index (χ2v) is 8.54. The van der Waals surface area contributed by atoms with Crippen molar-refractivity contribution in [3.05, 3.63) is 33.5 Å². The molecule has 0 aromatic carbocycles. The van der Waals surface area contributed by atoms with E-state index < -0.39 is 0 Å². The lowest BCUT2D eigenvalue weighted by atomic mass is 9.99. The Hall–Kier alpha value is -2.70. The summed E-state index contributed by atoms with van der Waals surface area (Å²) in [6.07, 6.45) is 7.75. The minimum absolute atomic E-state index is 0.00159. The van der Waals surface area contributed by atoms with E-state index in [1.54, 1.807) is 0 Å². The molecule has 1 saturated heterocycles. The highest BCUT2D eigenvalue weighted by atomic mass is 16.3. The maximum absolute atomic E-state index is 13.1. The molecule has 0 radical (unpaired) electrons. The second-order valence-electron chi connectivity index (χ2n) is 8.54. The van der Waals surface area contributed by atoms with Gasteiger partial charge in [0.1, 0.15) is 12.1 Å². The number of carbonyl (C=O) groups excluding carboxylic acids is 1. The van der Waals surface area contributed by atoms with Crippen LogP contribution in [-0.2, 0) is 24.2 Å². The first-order valence-electron chi connectivity index (χ1n) is 10.7. The van der Waals surface area contributed by atoms with Gasteiger partial charge in [-0.05, 0) is 55.6 Å². The molecule has 2 aliphatic rings. The first-order chi connectivity index (χ1) is 14.0. The van der Waals surface area contributed by atoms with Crippen molar-refractivity contribution in [3.63, 3.8) is 0 Å². The van der Waals surface area contributed by atoms with Crippen molar-refractivity contribution in [2.24, 2.45) is 0 Å². The van der Waals surface area contributed by atoms with Crippen molar-refractivity contribution in [1.82, 2.24) is 19.4 Å². The molecule has 3 aromatic heterocycles. The number of aromatic nitrogens is 3. The number of fused-ring (bicyclic) bond motifs is 5. The monoisotopic (exact) mass is 394 g/mol. The summed E-state index contributed by atoms with van der Waals surface area (Å²) >= 11 is 0. The van der Waals surface area contributed by atoms with Crippen LogP contribution in [0.4, 0.5) is 0 Å². The van der Waals surface area contributed by atoms with Crippen molar-refractivity contribution >= 4 is 28.1 Å². The van der Waals surface area contributed by atoms with Crippen LogP contribution < -0.4 is 5.56 Å². The van der Waals surface area contributed by atoms with Crippen molar-refractivity contribution in [3.8, 4) is 0 Å². The van der Waals surface area contributed by atoms with Crippen molar-refractivity contribution in [1.29, 1.82) is 0 Å². The lowest BCUT2D eigenvalue weighted by Crippen LogP contribution is -2.39.